The molecule has 2 amide bonds. The van der Waals surface area contributed by atoms with Crippen molar-refractivity contribution in [2.24, 2.45) is 57.7 Å². The third-order valence-corrected chi connectivity index (χ3v) is 23.1. The van der Waals surface area contributed by atoms with Crippen LogP contribution in [0.1, 0.15) is 260 Å². The van der Waals surface area contributed by atoms with E-state index in [0.717, 1.165) is 135 Å². The van der Waals surface area contributed by atoms with Gasteiger partial charge in [-0.3, -0.25) is 9.59 Å². The Morgan fingerprint density at radius 3 is 1.96 bits per heavy atom. The number of unbranched alkanes of at least 4 members (excludes halogenated alkanes) is 17. The maximum atomic E-state index is 13.9. The van der Waals surface area contributed by atoms with Gasteiger partial charge in [0.2, 0.25) is 11.8 Å². The Hall–Kier alpha value is -2.28. The molecule has 8 aliphatic rings. The van der Waals surface area contributed by atoms with E-state index in [1.54, 1.807) is 19.9 Å². The number of aliphatic hydroxyl groups is 7. The van der Waals surface area contributed by atoms with Gasteiger partial charge in [0.1, 0.15) is 48.8 Å². The van der Waals surface area contributed by atoms with Crippen molar-refractivity contribution in [3.8, 4) is 0 Å². The molecule has 9 N–H and O–H groups in total. The van der Waals surface area contributed by atoms with Gasteiger partial charge in [0, 0.05) is 6.42 Å². The first kappa shape index (κ1) is 70.2. The minimum atomic E-state index is -1.78. The molecular weight excluding hydrogens is 1080 g/mol. The molecule has 1 aliphatic heterocycles. The predicted octanol–water partition coefficient (Wildman–Crippen LogP) is 10.8. The van der Waals surface area contributed by atoms with Crippen LogP contribution in [0.15, 0.2) is 12.2 Å². The zero-order chi connectivity index (χ0) is 61.5. The number of nitrogens with one attached hydrogen (secondary N) is 2. The smallest absolute Gasteiger partial charge is 0.328 e. The number of alkyl halides is 1. The normalized spacial score (nSPS) is 36.7. The first-order valence-corrected chi connectivity index (χ1v) is 34.7. The Labute approximate surface area is 510 Å². The van der Waals surface area contributed by atoms with Crippen molar-refractivity contribution in [1.82, 2.24) is 10.6 Å². The van der Waals surface area contributed by atoms with Gasteiger partial charge >= 0.3 is 5.97 Å². The SMILES string of the molecule is CCCCCCCCCCCCCC[C@@H](O)[C@@H](O)[C@H](CO[C@H]1O[C@H](COC(=O)[C@@H](NC(=O)CC[C@@H](C)C2CCC3C4C(CC[C@@]32C)[C@@]2(C)CC[C@@H](O)CC2C[C@H]4O)C(C)C)[C@H](O)[C@H](O)[C@H]1O)NC(=O)C=CCCCCCCCCC12CC(F)(C1)C2. The number of rotatable bonds is 38. The van der Waals surface area contributed by atoms with Crippen LogP contribution in [0.25, 0.3) is 0 Å². The zero-order valence-electron chi connectivity index (χ0n) is 53.5. The van der Waals surface area contributed by atoms with E-state index in [1.807, 2.05) is 0 Å². The number of allylic oxidation sites excluding steroid dienone is 1. The molecule has 16 heteroatoms. The van der Waals surface area contributed by atoms with Gasteiger partial charge in [-0.25, -0.2) is 9.18 Å². The Balaban J connectivity index is 0.856. The lowest BCUT2D eigenvalue weighted by Crippen LogP contribution is -2.64. The fourth-order valence-electron chi connectivity index (χ4n) is 18.0. The highest BCUT2D eigenvalue weighted by molar-refractivity contribution is 5.87. The number of hydrogen-bond donors (Lipinski definition) is 9. The predicted molar refractivity (Wildman–Crippen MR) is 327 cm³/mol. The molecule has 0 aromatic rings. The summed E-state index contributed by atoms with van der Waals surface area (Å²) in [6, 6.07) is -2.18. The monoisotopic (exact) mass is 1200 g/mol. The first-order valence-electron chi connectivity index (χ1n) is 34.7. The van der Waals surface area contributed by atoms with E-state index >= 15 is 0 Å². The van der Waals surface area contributed by atoms with Crippen molar-refractivity contribution in [2.75, 3.05) is 13.2 Å². The summed E-state index contributed by atoms with van der Waals surface area (Å²) in [5, 5.41) is 83.8. The van der Waals surface area contributed by atoms with Crippen LogP contribution < -0.4 is 10.6 Å². The highest BCUT2D eigenvalue weighted by Gasteiger charge is 2.68. The van der Waals surface area contributed by atoms with E-state index in [2.05, 4.69) is 38.3 Å². The average Bonchev–Trinajstić information content (AvgIpc) is 1.38. The lowest BCUT2D eigenvalue weighted by atomic mass is 9.41. The number of aliphatic hydroxyl groups excluding tert-OH is 7. The molecule has 19 atom stereocenters. The van der Waals surface area contributed by atoms with E-state index in [0.29, 0.717) is 54.8 Å². The largest absolute Gasteiger partial charge is 0.461 e. The van der Waals surface area contributed by atoms with Gasteiger partial charge in [-0.05, 0) is 166 Å². The second kappa shape index (κ2) is 32.6. The van der Waals surface area contributed by atoms with Gasteiger partial charge in [-0.1, -0.05) is 157 Å². The fourth-order valence-corrected chi connectivity index (χ4v) is 18.0. The summed E-state index contributed by atoms with van der Waals surface area (Å²) >= 11 is 0. The molecule has 15 nitrogen and oxygen atoms in total. The maximum absolute atomic E-state index is 13.9. The molecule has 0 spiro atoms. The van der Waals surface area contributed by atoms with Crippen molar-refractivity contribution in [3.63, 3.8) is 0 Å². The molecule has 8 rings (SSSR count). The van der Waals surface area contributed by atoms with Crippen LogP contribution in [0.3, 0.4) is 0 Å². The Bertz CT molecular complexity index is 2060. The molecule has 0 radical (unpaired) electrons. The molecule has 0 aromatic heterocycles. The summed E-state index contributed by atoms with van der Waals surface area (Å²) in [7, 11) is 0. The van der Waals surface area contributed by atoms with Crippen LogP contribution in [0.4, 0.5) is 4.39 Å². The van der Waals surface area contributed by atoms with Crippen LogP contribution in [0.2, 0.25) is 0 Å². The van der Waals surface area contributed by atoms with Crippen LogP contribution in [-0.4, -0.2) is 140 Å². The van der Waals surface area contributed by atoms with Gasteiger partial charge in [0.05, 0.1) is 31.0 Å². The summed E-state index contributed by atoms with van der Waals surface area (Å²) in [5.41, 5.74) is -0.320. The standard InChI is InChI=1S/C69H119FN2O13/c1-7-8-9-10-11-12-13-14-15-18-21-24-27-53(74)60(78)52(71-56(76)28-25-22-19-16-17-20-23-26-35-68-42-69(70,43-68)44-68)40-84-65-63(81)62(80)61(79)55(85-65)41-83-64(82)59(45(2)3)72-57(77)32-29-46(4)49-30-31-50-58-51(34-37-67(49,50)6)66(5)36-33-48(73)38-47(66)39-54(58)75/h25,28,45-55,58-63,65,73-75,78-81H,7-24,26-27,29-44H2,1-6H3,(H,71,76)(H,72,77)/t46-,47?,48-,49?,50?,51?,52+,53-,54-,55-,58?,59+,60+,61+,62+,63-,65+,66+,67-,68?,69?/m1/s1. The molecule has 7 saturated carbocycles. The summed E-state index contributed by atoms with van der Waals surface area (Å²) in [4.78, 5) is 40.7. The Kier molecular flexibility index (Phi) is 27.0. The number of amides is 2. The average molecular weight is 1200 g/mol. The van der Waals surface area contributed by atoms with Crippen LogP contribution in [-0.2, 0) is 28.6 Å². The molecule has 8 fully saturated rings. The molecule has 490 valence electrons. The third-order valence-electron chi connectivity index (χ3n) is 23.1. The molecule has 1 heterocycles. The van der Waals surface area contributed by atoms with Crippen molar-refractivity contribution in [2.45, 2.75) is 333 Å². The highest BCUT2D eigenvalue weighted by Crippen LogP contribution is 2.72. The minimum Gasteiger partial charge on any atom is -0.461 e. The topological polar surface area (TPSA) is 245 Å². The highest BCUT2D eigenvalue weighted by atomic mass is 19.1. The second-order valence-corrected chi connectivity index (χ2v) is 29.8. The number of esters is 1. The van der Waals surface area contributed by atoms with E-state index in [9.17, 15) is 54.5 Å². The van der Waals surface area contributed by atoms with Crippen LogP contribution in [0, 0.1) is 57.7 Å². The summed E-state index contributed by atoms with van der Waals surface area (Å²) in [6.45, 7) is 11.9. The lowest BCUT2D eigenvalue weighted by Gasteiger charge is -2.66. The molecule has 2 bridgehead atoms. The fraction of sp³-hybridized carbons (Fsp3) is 0.928. The minimum absolute atomic E-state index is 0.0592. The van der Waals surface area contributed by atoms with Gasteiger partial charge in [-0.15, -0.1) is 0 Å². The third kappa shape index (κ3) is 18.5. The molecular formula is C69H119FN2O13. The Morgan fingerprint density at radius 1 is 0.706 bits per heavy atom. The van der Waals surface area contributed by atoms with E-state index in [-0.39, 0.29) is 53.1 Å². The summed E-state index contributed by atoms with van der Waals surface area (Å²) in [5.74, 6) is 0.226. The first-order chi connectivity index (χ1) is 40.5. The number of ether oxygens (including phenoxy) is 3. The van der Waals surface area contributed by atoms with Crippen molar-refractivity contribution in [3.05, 3.63) is 12.2 Å². The second-order valence-electron chi connectivity index (χ2n) is 29.8. The summed E-state index contributed by atoms with van der Waals surface area (Å²) in [6.07, 6.45) is 24.9. The molecule has 1 saturated heterocycles. The molecule has 7 aliphatic carbocycles. The van der Waals surface area contributed by atoms with E-state index in [1.165, 1.54) is 57.4 Å². The number of carbonyl (C=O) groups excluding carboxylic acids is 3. The molecule has 0 aromatic carbocycles. The van der Waals surface area contributed by atoms with E-state index < -0.39 is 85.8 Å². The van der Waals surface area contributed by atoms with Gasteiger partial charge < -0.3 is 60.6 Å². The molecule has 85 heavy (non-hydrogen) atoms. The van der Waals surface area contributed by atoms with Gasteiger partial charge in [-0.2, -0.15) is 0 Å². The Morgan fingerprint density at radius 2 is 1.32 bits per heavy atom. The number of halogens is 1. The van der Waals surface area contributed by atoms with Crippen molar-refractivity contribution < 1.29 is 68.7 Å². The van der Waals surface area contributed by atoms with Crippen LogP contribution in [0.5, 0.6) is 0 Å². The summed E-state index contributed by atoms with van der Waals surface area (Å²) < 4.78 is 31.4. The van der Waals surface area contributed by atoms with Crippen molar-refractivity contribution in [1.29, 1.82) is 0 Å². The maximum Gasteiger partial charge on any atom is 0.328 e. The number of hydrogen-bond acceptors (Lipinski definition) is 13. The van der Waals surface area contributed by atoms with Crippen molar-refractivity contribution >= 4 is 17.8 Å². The quantitative estimate of drug-likeness (QED) is 0.0159. The van der Waals surface area contributed by atoms with E-state index in [4.69, 9.17) is 14.2 Å². The molecule has 5 unspecified atom stereocenters. The van der Waals surface area contributed by atoms with Crippen LogP contribution >= 0.6 is 0 Å². The lowest BCUT2D eigenvalue weighted by molar-refractivity contribution is -0.303. The van der Waals surface area contributed by atoms with Gasteiger partial charge in [0.25, 0.3) is 0 Å². The zero-order valence-corrected chi connectivity index (χ0v) is 53.5. The van der Waals surface area contributed by atoms with Gasteiger partial charge in [0.15, 0.2) is 6.29 Å². The number of fused-ring (bicyclic) bond motifs is 5. The number of carbonyl (C=O) groups is 3.